The van der Waals surface area contributed by atoms with Gasteiger partial charge < -0.3 is 24.2 Å². The number of rotatable bonds is 6. The average Bonchev–Trinajstić information content (AvgIpc) is 3.59. The quantitative estimate of drug-likeness (QED) is 0.654. The van der Waals surface area contributed by atoms with Crippen molar-refractivity contribution in [2.24, 2.45) is 0 Å². The number of nitrogens with zero attached hydrogens (tertiary/aromatic N) is 3. The van der Waals surface area contributed by atoms with E-state index in [0.29, 0.717) is 38.6 Å². The number of benzene rings is 1. The molecule has 33 heavy (non-hydrogen) atoms. The van der Waals surface area contributed by atoms with E-state index in [1.54, 1.807) is 0 Å². The molecule has 0 bridgehead atoms. The second-order valence-electron chi connectivity index (χ2n) is 10.5. The first kappa shape index (κ1) is 24.0. The van der Waals surface area contributed by atoms with Gasteiger partial charge in [-0.2, -0.15) is 0 Å². The normalized spacial score (nSPS) is 24.4. The van der Waals surface area contributed by atoms with Crippen LogP contribution in [0.1, 0.15) is 57.9 Å². The maximum atomic E-state index is 13.2. The molecular weight excluding hydrogens is 418 g/mol. The zero-order valence-electron chi connectivity index (χ0n) is 20.4. The highest BCUT2D eigenvalue weighted by Gasteiger charge is 2.48. The van der Waals surface area contributed by atoms with Gasteiger partial charge in [-0.1, -0.05) is 30.3 Å². The SMILES string of the molecule is CC(C)(C)OC(=O)N(C1CCN(CCC(=O)N2CCOCC2)CC1)C1C[C@H]1c1ccccc1. The van der Waals surface area contributed by atoms with Crippen molar-refractivity contribution < 1.29 is 19.1 Å². The first-order chi connectivity index (χ1) is 15.8. The number of piperidine rings is 1. The summed E-state index contributed by atoms with van der Waals surface area (Å²) >= 11 is 0. The van der Waals surface area contributed by atoms with Gasteiger partial charge in [0, 0.05) is 57.1 Å². The van der Waals surface area contributed by atoms with Crippen molar-refractivity contribution in [1.29, 1.82) is 0 Å². The molecule has 3 aliphatic rings. The first-order valence-electron chi connectivity index (χ1n) is 12.5. The summed E-state index contributed by atoms with van der Waals surface area (Å²) in [7, 11) is 0. The summed E-state index contributed by atoms with van der Waals surface area (Å²) in [4.78, 5) is 32.0. The van der Waals surface area contributed by atoms with Gasteiger partial charge in [0.15, 0.2) is 0 Å². The first-order valence-corrected chi connectivity index (χ1v) is 12.5. The van der Waals surface area contributed by atoms with Crippen LogP contribution in [0.4, 0.5) is 4.79 Å². The van der Waals surface area contributed by atoms with E-state index in [1.165, 1.54) is 5.56 Å². The van der Waals surface area contributed by atoms with Crippen LogP contribution in [0.3, 0.4) is 0 Å². The molecule has 2 aliphatic heterocycles. The summed E-state index contributed by atoms with van der Waals surface area (Å²) in [6, 6.07) is 10.9. The molecule has 2 heterocycles. The van der Waals surface area contributed by atoms with Gasteiger partial charge in [0.1, 0.15) is 5.60 Å². The molecule has 0 aromatic heterocycles. The summed E-state index contributed by atoms with van der Waals surface area (Å²) in [6.45, 7) is 11.1. The molecule has 1 aliphatic carbocycles. The maximum absolute atomic E-state index is 13.2. The summed E-state index contributed by atoms with van der Waals surface area (Å²) in [6.07, 6.45) is 3.20. The van der Waals surface area contributed by atoms with Crippen molar-refractivity contribution in [1.82, 2.24) is 14.7 Å². The van der Waals surface area contributed by atoms with Crippen LogP contribution in [0.2, 0.25) is 0 Å². The minimum absolute atomic E-state index is 0.185. The van der Waals surface area contributed by atoms with Crippen LogP contribution < -0.4 is 0 Å². The van der Waals surface area contributed by atoms with E-state index in [2.05, 4.69) is 29.2 Å². The molecule has 7 nitrogen and oxygen atoms in total. The van der Waals surface area contributed by atoms with Crippen LogP contribution in [0.15, 0.2) is 30.3 Å². The average molecular weight is 458 g/mol. The number of carbonyl (C=O) groups is 2. The number of ether oxygens (including phenoxy) is 2. The second-order valence-corrected chi connectivity index (χ2v) is 10.5. The molecule has 3 fully saturated rings. The van der Waals surface area contributed by atoms with E-state index in [9.17, 15) is 9.59 Å². The van der Waals surface area contributed by atoms with E-state index < -0.39 is 5.60 Å². The summed E-state index contributed by atoms with van der Waals surface area (Å²) in [5.74, 6) is 0.613. The Hall–Kier alpha value is -2.12. The van der Waals surface area contributed by atoms with E-state index in [1.807, 2.05) is 36.6 Å². The zero-order chi connectivity index (χ0) is 23.4. The lowest BCUT2D eigenvalue weighted by Gasteiger charge is -2.39. The van der Waals surface area contributed by atoms with Gasteiger partial charge in [-0.25, -0.2) is 4.79 Å². The fourth-order valence-corrected chi connectivity index (χ4v) is 5.06. The molecule has 1 unspecified atom stereocenters. The Morgan fingerprint density at radius 2 is 1.73 bits per heavy atom. The lowest BCUT2D eigenvalue weighted by Crippen LogP contribution is -2.50. The molecule has 2 amide bonds. The third-order valence-electron chi connectivity index (χ3n) is 6.90. The largest absolute Gasteiger partial charge is 0.444 e. The van der Waals surface area contributed by atoms with E-state index in [-0.39, 0.29) is 24.1 Å². The molecule has 1 saturated carbocycles. The number of amides is 2. The Morgan fingerprint density at radius 1 is 1.06 bits per heavy atom. The molecule has 1 aromatic rings. The van der Waals surface area contributed by atoms with Crippen LogP contribution in [-0.2, 0) is 14.3 Å². The van der Waals surface area contributed by atoms with Gasteiger partial charge in [-0.3, -0.25) is 4.79 Å². The second kappa shape index (κ2) is 10.4. The Morgan fingerprint density at radius 3 is 2.36 bits per heavy atom. The van der Waals surface area contributed by atoms with Gasteiger partial charge in [0.05, 0.1) is 13.2 Å². The topological polar surface area (TPSA) is 62.3 Å². The van der Waals surface area contributed by atoms with Crippen molar-refractivity contribution in [3.8, 4) is 0 Å². The van der Waals surface area contributed by atoms with Crippen LogP contribution in [0.5, 0.6) is 0 Å². The summed E-state index contributed by atoms with van der Waals surface area (Å²) < 4.78 is 11.2. The molecule has 7 heteroatoms. The number of hydrogen-bond donors (Lipinski definition) is 0. The Kier molecular flexibility index (Phi) is 7.59. The van der Waals surface area contributed by atoms with Crippen LogP contribution in [0.25, 0.3) is 0 Å². The predicted octanol–water partition coefficient (Wildman–Crippen LogP) is 3.49. The van der Waals surface area contributed by atoms with Gasteiger partial charge in [-0.15, -0.1) is 0 Å². The Bertz CT molecular complexity index is 796. The smallest absolute Gasteiger partial charge is 0.410 e. The molecule has 0 N–H and O–H groups in total. The Balaban J connectivity index is 1.32. The lowest BCUT2D eigenvalue weighted by molar-refractivity contribution is -0.135. The van der Waals surface area contributed by atoms with Crippen molar-refractivity contribution in [3.05, 3.63) is 35.9 Å². The Labute approximate surface area is 198 Å². The fourth-order valence-electron chi connectivity index (χ4n) is 5.06. The molecule has 2 saturated heterocycles. The highest BCUT2D eigenvalue weighted by molar-refractivity contribution is 5.76. The third-order valence-corrected chi connectivity index (χ3v) is 6.90. The molecule has 1 aromatic carbocycles. The minimum Gasteiger partial charge on any atom is -0.444 e. The van der Waals surface area contributed by atoms with Crippen molar-refractivity contribution in [2.45, 2.75) is 70.1 Å². The van der Waals surface area contributed by atoms with Crippen molar-refractivity contribution in [2.75, 3.05) is 45.9 Å². The standard InChI is InChI=1S/C26H39N3O4/c1-26(2,3)33-25(31)29(23-19-22(23)20-7-5-4-6-8-20)21-9-12-27(13-10-21)14-11-24(30)28-15-17-32-18-16-28/h4-8,21-23H,9-19H2,1-3H3/t22-,23?/m0/s1. The molecule has 2 atom stereocenters. The highest BCUT2D eigenvalue weighted by Crippen LogP contribution is 2.46. The number of likely N-dealkylation sites (tertiary alicyclic amines) is 1. The molecule has 0 radical (unpaired) electrons. The summed E-state index contributed by atoms with van der Waals surface area (Å²) in [5.41, 5.74) is 0.794. The van der Waals surface area contributed by atoms with E-state index in [4.69, 9.17) is 9.47 Å². The van der Waals surface area contributed by atoms with Crippen molar-refractivity contribution >= 4 is 12.0 Å². The minimum atomic E-state index is -0.507. The summed E-state index contributed by atoms with van der Waals surface area (Å²) in [5, 5.41) is 0. The lowest BCUT2D eigenvalue weighted by atomic mass is 10.0. The third kappa shape index (κ3) is 6.48. The molecule has 0 spiro atoms. The van der Waals surface area contributed by atoms with Gasteiger partial charge in [0.25, 0.3) is 0 Å². The monoisotopic (exact) mass is 457 g/mol. The number of carbonyl (C=O) groups excluding carboxylic acids is 2. The van der Waals surface area contributed by atoms with Gasteiger partial charge in [0.2, 0.25) is 5.91 Å². The zero-order valence-corrected chi connectivity index (χ0v) is 20.4. The number of morpholine rings is 1. The fraction of sp³-hybridized carbons (Fsp3) is 0.692. The maximum Gasteiger partial charge on any atom is 0.410 e. The van der Waals surface area contributed by atoms with Gasteiger partial charge >= 0.3 is 6.09 Å². The number of hydrogen-bond acceptors (Lipinski definition) is 5. The molecule has 4 rings (SSSR count). The molecule has 182 valence electrons. The van der Waals surface area contributed by atoms with Crippen LogP contribution in [-0.4, -0.2) is 90.3 Å². The molecular formula is C26H39N3O4. The van der Waals surface area contributed by atoms with Crippen molar-refractivity contribution in [3.63, 3.8) is 0 Å². The van der Waals surface area contributed by atoms with Crippen LogP contribution in [0, 0.1) is 0 Å². The van der Waals surface area contributed by atoms with Gasteiger partial charge in [-0.05, 0) is 45.6 Å². The van der Waals surface area contributed by atoms with E-state index in [0.717, 1.165) is 38.9 Å². The van der Waals surface area contributed by atoms with Crippen LogP contribution >= 0.6 is 0 Å². The van der Waals surface area contributed by atoms with E-state index >= 15 is 0 Å². The highest BCUT2D eigenvalue weighted by atomic mass is 16.6. The predicted molar refractivity (Wildman–Crippen MR) is 127 cm³/mol.